The van der Waals surface area contributed by atoms with Crippen molar-refractivity contribution in [3.05, 3.63) is 48.0 Å². The first-order valence-corrected chi connectivity index (χ1v) is 7.58. The molecule has 0 radical (unpaired) electrons. The average molecular weight is 296 g/mol. The zero-order chi connectivity index (χ0) is 15.4. The van der Waals surface area contributed by atoms with Crippen molar-refractivity contribution in [3.8, 4) is 17.1 Å². The molecule has 1 aromatic carbocycles. The molecule has 4 nitrogen and oxygen atoms in total. The molecule has 0 N–H and O–H groups in total. The molecule has 0 aliphatic carbocycles. The number of pyridine rings is 1. The molecule has 0 spiro atoms. The first-order valence-electron chi connectivity index (χ1n) is 7.58. The summed E-state index contributed by atoms with van der Waals surface area (Å²) in [6.45, 7) is 2.93. The van der Waals surface area contributed by atoms with Crippen molar-refractivity contribution in [2.24, 2.45) is 5.92 Å². The van der Waals surface area contributed by atoms with Crippen LogP contribution in [0.2, 0.25) is 0 Å². The van der Waals surface area contributed by atoms with Gasteiger partial charge < -0.3 is 9.64 Å². The third kappa shape index (κ3) is 3.52. The van der Waals surface area contributed by atoms with Crippen molar-refractivity contribution < 1.29 is 9.53 Å². The summed E-state index contributed by atoms with van der Waals surface area (Å²) < 4.78 is 5.85. The second kappa shape index (κ2) is 6.71. The van der Waals surface area contributed by atoms with Crippen LogP contribution in [0.3, 0.4) is 0 Å². The minimum absolute atomic E-state index is 0.578. The minimum atomic E-state index is 0.578. The number of carbonyl (C=O) groups is 1. The Labute approximate surface area is 130 Å². The molecule has 1 aromatic heterocycles. The molecule has 2 heterocycles. The fourth-order valence-corrected chi connectivity index (χ4v) is 2.79. The SMILES string of the molecule is CN1CC[C@@H](COc2cccc(-c3cccc(C=O)c3)n2)C1. The number of aromatic nitrogens is 1. The predicted molar refractivity (Wildman–Crippen MR) is 86.2 cm³/mol. The number of ether oxygens (including phenoxy) is 1. The van der Waals surface area contributed by atoms with Crippen LogP contribution in [0.4, 0.5) is 0 Å². The van der Waals surface area contributed by atoms with Crippen LogP contribution in [0, 0.1) is 5.92 Å². The second-order valence-electron chi connectivity index (χ2n) is 5.83. The van der Waals surface area contributed by atoms with Crippen molar-refractivity contribution in [2.45, 2.75) is 6.42 Å². The highest BCUT2D eigenvalue weighted by atomic mass is 16.5. The largest absolute Gasteiger partial charge is 0.477 e. The number of benzene rings is 1. The van der Waals surface area contributed by atoms with Gasteiger partial charge in [0.1, 0.15) is 6.29 Å². The fraction of sp³-hybridized carbons (Fsp3) is 0.333. The smallest absolute Gasteiger partial charge is 0.213 e. The van der Waals surface area contributed by atoms with E-state index < -0.39 is 0 Å². The van der Waals surface area contributed by atoms with Crippen LogP contribution in [0.15, 0.2) is 42.5 Å². The van der Waals surface area contributed by atoms with Gasteiger partial charge in [-0.15, -0.1) is 0 Å². The first kappa shape index (κ1) is 14.7. The summed E-state index contributed by atoms with van der Waals surface area (Å²) in [6.07, 6.45) is 2.03. The Bertz CT molecular complexity index is 657. The number of aldehydes is 1. The number of hydrogen-bond acceptors (Lipinski definition) is 4. The van der Waals surface area contributed by atoms with E-state index >= 15 is 0 Å². The lowest BCUT2D eigenvalue weighted by Crippen LogP contribution is -2.18. The van der Waals surface area contributed by atoms with E-state index in [2.05, 4.69) is 16.9 Å². The summed E-state index contributed by atoms with van der Waals surface area (Å²) in [5, 5.41) is 0. The van der Waals surface area contributed by atoms with Gasteiger partial charge in [-0.3, -0.25) is 4.79 Å². The molecule has 0 saturated carbocycles. The molecule has 1 atom stereocenters. The van der Waals surface area contributed by atoms with Crippen LogP contribution in [0.5, 0.6) is 5.88 Å². The van der Waals surface area contributed by atoms with E-state index in [-0.39, 0.29) is 0 Å². The fourth-order valence-electron chi connectivity index (χ4n) is 2.79. The molecule has 1 fully saturated rings. The molecular weight excluding hydrogens is 276 g/mol. The number of rotatable bonds is 5. The van der Waals surface area contributed by atoms with E-state index in [4.69, 9.17) is 4.74 Å². The Hall–Kier alpha value is -2.20. The maximum atomic E-state index is 10.9. The molecule has 0 amide bonds. The highest BCUT2D eigenvalue weighted by Crippen LogP contribution is 2.22. The molecule has 3 rings (SSSR count). The molecule has 1 aliphatic rings. The van der Waals surface area contributed by atoms with Crippen LogP contribution >= 0.6 is 0 Å². The minimum Gasteiger partial charge on any atom is -0.477 e. The zero-order valence-corrected chi connectivity index (χ0v) is 12.7. The number of likely N-dealkylation sites (tertiary alicyclic amines) is 1. The Kier molecular flexibility index (Phi) is 4.49. The summed E-state index contributed by atoms with van der Waals surface area (Å²) in [5.41, 5.74) is 2.40. The Morgan fingerprint density at radius 2 is 2.18 bits per heavy atom. The molecule has 4 heteroatoms. The number of nitrogens with zero attached hydrogens (tertiary/aromatic N) is 2. The molecule has 0 unspecified atom stereocenters. The van der Waals surface area contributed by atoms with Crippen molar-refractivity contribution in [1.82, 2.24) is 9.88 Å². The normalized spacial score (nSPS) is 18.3. The molecule has 22 heavy (non-hydrogen) atoms. The molecular formula is C18H20N2O2. The standard InChI is InChI=1S/C18H20N2O2/c1-20-9-8-15(11-20)13-22-18-7-3-6-17(19-18)16-5-2-4-14(10-16)12-21/h2-7,10,12,15H,8-9,11,13H2,1H3/t15-/m1/s1. The maximum absolute atomic E-state index is 10.9. The van der Waals surface area contributed by atoms with Crippen molar-refractivity contribution in [2.75, 3.05) is 26.7 Å². The Morgan fingerprint density at radius 1 is 1.32 bits per heavy atom. The predicted octanol–water partition coefficient (Wildman–Crippen LogP) is 2.89. The number of carbonyl (C=O) groups excluding carboxylic acids is 1. The lowest BCUT2D eigenvalue weighted by molar-refractivity contribution is 0.112. The van der Waals surface area contributed by atoms with Gasteiger partial charge in [0, 0.05) is 29.7 Å². The summed E-state index contributed by atoms with van der Waals surface area (Å²) in [4.78, 5) is 17.8. The van der Waals surface area contributed by atoms with Crippen LogP contribution in [0.25, 0.3) is 11.3 Å². The Balaban J connectivity index is 1.70. The number of hydrogen-bond donors (Lipinski definition) is 0. The lowest BCUT2D eigenvalue weighted by Gasteiger charge is -2.12. The lowest BCUT2D eigenvalue weighted by atomic mass is 10.1. The van der Waals surface area contributed by atoms with E-state index in [1.165, 1.54) is 6.42 Å². The molecule has 0 bridgehead atoms. The van der Waals surface area contributed by atoms with Crippen LogP contribution in [0.1, 0.15) is 16.8 Å². The maximum Gasteiger partial charge on any atom is 0.213 e. The first-order chi connectivity index (χ1) is 10.7. The summed E-state index contributed by atoms with van der Waals surface area (Å²) in [6, 6.07) is 13.2. The average Bonchev–Trinajstić information content (AvgIpc) is 2.99. The van der Waals surface area contributed by atoms with Crippen LogP contribution in [-0.4, -0.2) is 42.9 Å². The summed E-state index contributed by atoms with van der Waals surface area (Å²) in [5.74, 6) is 1.22. The third-order valence-electron chi connectivity index (χ3n) is 4.00. The summed E-state index contributed by atoms with van der Waals surface area (Å²) in [7, 11) is 2.14. The van der Waals surface area contributed by atoms with E-state index in [1.54, 1.807) is 6.07 Å². The van der Waals surface area contributed by atoms with E-state index in [9.17, 15) is 4.79 Å². The van der Waals surface area contributed by atoms with Gasteiger partial charge in [-0.25, -0.2) is 4.98 Å². The van der Waals surface area contributed by atoms with Crippen molar-refractivity contribution in [3.63, 3.8) is 0 Å². The van der Waals surface area contributed by atoms with E-state index in [0.29, 0.717) is 24.0 Å². The van der Waals surface area contributed by atoms with Gasteiger partial charge >= 0.3 is 0 Å². The Morgan fingerprint density at radius 3 is 2.95 bits per heavy atom. The van der Waals surface area contributed by atoms with Crippen LogP contribution < -0.4 is 4.74 Å². The van der Waals surface area contributed by atoms with Crippen LogP contribution in [-0.2, 0) is 0 Å². The zero-order valence-electron chi connectivity index (χ0n) is 12.7. The third-order valence-corrected chi connectivity index (χ3v) is 4.00. The van der Waals surface area contributed by atoms with E-state index in [1.807, 2.05) is 36.4 Å². The van der Waals surface area contributed by atoms with Gasteiger partial charge in [-0.05, 0) is 32.1 Å². The van der Waals surface area contributed by atoms with Crippen molar-refractivity contribution >= 4 is 6.29 Å². The van der Waals surface area contributed by atoms with E-state index in [0.717, 1.165) is 30.6 Å². The molecule has 1 aliphatic heterocycles. The molecule has 2 aromatic rings. The van der Waals surface area contributed by atoms with Gasteiger partial charge in [-0.1, -0.05) is 24.3 Å². The van der Waals surface area contributed by atoms with Gasteiger partial charge in [0.15, 0.2) is 0 Å². The van der Waals surface area contributed by atoms with Gasteiger partial charge in [0.05, 0.1) is 12.3 Å². The van der Waals surface area contributed by atoms with Gasteiger partial charge in [-0.2, -0.15) is 0 Å². The molecule has 114 valence electrons. The van der Waals surface area contributed by atoms with Gasteiger partial charge in [0.25, 0.3) is 0 Å². The highest BCUT2D eigenvalue weighted by molar-refractivity contribution is 5.78. The second-order valence-corrected chi connectivity index (χ2v) is 5.83. The van der Waals surface area contributed by atoms with Gasteiger partial charge in [0.2, 0.25) is 5.88 Å². The summed E-state index contributed by atoms with van der Waals surface area (Å²) >= 11 is 0. The quantitative estimate of drug-likeness (QED) is 0.796. The highest BCUT2D eigenvalue weighted by Gasteiger charge is 2.20. The topological polar surface area (TPSA) is 42.4 Å². The molecule has 1 saturated heterocycles. The van der Waals surface area contributed by atoms with Crippen molar-refractivity contribution in [1.29, 1.82) is 0 Å². The monoisotopic (exact) mass is 296 g/mol.